The number of hydrogen-bond acceptors (Lipinski definition) is 6. The standard InChI is InChI=1S/C24H31FN2O4/c1-31-24(30)20-7-4-12-26(20)13-10-17-15-27(14-11-21(17)28)22(23(29)16-8-9-16)18-5-2-3-6-19(18)25/h2-3,5-6,10,16,20-22,28H,4,7-9,11-15H2,1H3/t20-,21?,22?/m0/s1. The third-order valence-electron chi connectivity index (χ3n) is 6.74. The SMILES string of the molecule is COC(=O)[C@@H]1CCCN1CC=C1CN(C(C(=O)C2CC2)c2ccccc2F)CCC1O. The fraction of sp³-hybridized carbons (Fsp3) is 0.583. The maximum Gasteiger partial charge on any atom is 0.323 e. The Balaban J connectivity index is 1.52. The Morgan fingerprint density at radius 1 is 1.23 bits per heavy atom. The Hall–Kier alpha value is -2.09. The molecule has 0 aromatic heterocycles. The lowest BCUT2D eigenvalue weighted by Crippen LogP contribution is -2.44. The number of esters is 1. The molecule has 0 spiro atoms. The molecule has 0 radical (unpaired) electrons. The summed E-state index contributed by atoms with van der Waals surface area (Å²) in [6.45, 7) is 2.29. The number of rotatable bonds is 7. The first kappa shape index (κ1) is 22.1. The zero-order valence-electron chi connectivity index (χ0n) is 18.0. The average Bonchev–Trinajstić information content (AvgIpc) is 3.52. The van der Waals surface area contributed by atoms with E-state index < -0.39 is 12.1 Å². The van der Waals surface area contributed by atoms with Gasteiger partial charge < -0.3 is 9.84 Å². The minimum Gasteiger partial charge on any atom is -0.468 e. The number of piperidine rings is 1. The molecule has 1 saturated carbocycles. The minimum atomic E-state index is -0.626. The molecule has 2 aliphatic heterocycles. The summed E-state index contributed by atoms with van der Waals surface area (Å²) in [7, 11) is 1.40. The molecule has 31 heavy (non-hydrogen) atoms. The van der Waals surface area contributed by atoms with Crippen LogP contribution in [-0.4, -0.2) is 72.1 Å². The number of methoxy groups -OCH3 is 1. The summed E-state index contributed by atoms with van der Waals surface area (Å²) in [4.78, 5) is 29.2. The Morgan fingerprint density at radius 3 is 2.71 bits per heavy atom. The van der Waals surface area contributed by atoms with Gasteiger partial charge in [-0.05, 0) is 50.3 Å². The highest BCUT2D eigenvalue weighted by molar-refractivity contribution is 5.89. The summed E-state index contributed by atoms with van der Waals surface area (Å²) in [6, 6.07) is 5.62. The number of benzene rings is 1. The van der Waals surface area contributed by atoms with Gasteiger partial charge in [-0.2, -0.15) is 0 Å². The maximum atomic E-state index is 14.6. The molecule has 7 heteroatoms. The number of hydrogen-bond donors (Lipinski definition) is 1. The first-order valence-corrected chi connectivity index (χ1v) is 11.2. The Labute approximate surface area is 182 Å². The fourth-order valence-corrected chi connectivity index (χ4v) is 4.81. The maximum absolute atomic E-state index is 14.6. The predicted molar refractivity (Wildman–Crippen MR) is 114 cm³/mol. The smallest absolute Gasteiger partial charge is 0.323 e. The van der Waals surface area contributed by atoms with E-state index in [2.05, 4.69) is 4.90 Å². The van der Waals surface area contributed by atoms with E-state index in [1.54, 1.807) is 18.2 Å². The Bertz CT molecular complexity index is 854. The number of aliphatic hydroxyl groups excluding tert-OH is 1. The molecule has 1 aliphatic carbocycles. The van der Waals surface area contributed by atoms with E-state index in [9.17, 15) is 19.1 Å². The summed E-state index contributed by atoms with van der Waals surface area (Å²) in [5.41, 5.74) is 1.24. The third-order valence-corrected chi connectivity index (χ3v) is 6.74. The summed E-state index contributed by atoms with van der Waals surface area (Å²) < 4.78 is 19.5. The lowest BCUT2D eigenvalue weighted by atomic mass is 9.92. The molecule has 6 nitrogen and oxygen atoms in total. The van der Waals surface area contributed by atoms with Crippen LogP contribution in [0.25, 0.3) is 0 Å². The number of carbonyl (C=O) groups excluding carboxylic acids is 2. The minimum absolute atomic E-state index is 0.00861. The molecule has 0 bridgehead atoms. The highest BCUT2D eigenvalue weighted by atomic mass is 19.1. The number of halogens is 1. The highest BCUT2D eigenvalue weighted by Gasteiger charge is 2.41. The van der Waals surface area contributed by atoms with Crippen LogP contribution in [-0.2, 0) is 14.3 Å². The second kappa shape index (κ2) is 9.59. The van der Waals surface area contributed by atoms with Crippen molar-refractivity contribution in [1.82, 2.24) is 9.80 Å². The van der Waals surface area contributed by atoms with Crippen LogP contribution in [0.3, 0.4) is 0 Å². The Kier molecular flexibility index (Phi) is 6.84. The van der Waals surface area contributed by atoms with Gasteiger partial charge in [-0.3, -0.25) is 19.4 Å². The molecule has 1 aromatic rings. The number of likely N-dealkylation sites (tertiary alicyclic amines) is 2. The van der Waals surface area contributed by atoms with Crippen LogP contribution in [0.1, 0.15) is 43.7 Å². The van der Waals surface area contributed by atoms with Gasteiger partial charge in [-0.15, -0.1) is 0 Å². The van der Waals surface area contributed by atoms with Crippen molar-refractivity contribution in [3.05, 3.63) is 47.3 Å². The number of carbonyl (C=O) groups is 2. The van der Waals surface area contributed by atoms with E-state index in [0.29, 0.717) is 31.6 Å². The van der Waals surface area contributed by atoms with Gasteiger partial charge >= 0.3 is 5.97 Å². The topological polar surface area (TPSA) is 70.1 Å². The first-order chi connectivity index (χ1) is 15.0. The van der Waals surface area contributed by atoms with E-state index in [4.69, 9.17) is 4.74 Å². The summed E-state index contributed by atoms with van der Waals surface area (Å²) >= 11 is 0. The van der Waals surface area contributed by atoms with Crippen molar-refractivity contribution in [2.45, 2.75) is 50.3 Å². The van der Waals surface area contributed by atoms with E-state index in [1.807, 2.05) is 11.0 Å². The second-order valence-electron chi connectivity index (χ2n) is 8.83. The average molecular weight is 431 g/mol. The highest BCUT2D eigenvalue weighted by Crippen LogP contribution is 2.39. The van der Waals surface area contributed by atoms with Gasteiger partial charge in [0.05, 0.1) is 19.3 Å². The number of aliphatic hydroxyl groups is 1. The molecule has 2 saturated heterocycles. The quantitative estimate of drug-likeness (QED) is 0.530. The molecular weight excluding hydrogens is 399 g/mol. The summed E-state index contributed by atoms with van der Waals surface area (Å²) in [5.74, 6) is -0.507. The van der Waals surface area contributed by atoms with Crippen LogP contribution in [0.4, 0.5) is 4.39 Å². The van der Waals surface area contributed by atoms with E-state index in [1.165, 1.54) is 13.2 Å². The van der Waals surface area contributed by atoms with Crippen LogP contribution in [0.5, 0.6) is 0 Å². The lowest BCUT2D eigenvalue weighted by Gasteiger charge is -2.37. The molecule has 0 amide bonds. The van der Waals surface area contributed by atoms with Crippen molar-refractivity contribution in [2.75, 3.05) is 33.3 Å². The van der Waals surface area contributed by atoms with Crippen LogP contribution in [0.15, 0.2) is 35.9 Å². The lowest BCUT2D eigenvalue weighted by molar-refractivity contribution is -0.145. The first-order valence-electron chi connectivity index (χ1n) is 11.2. The van der Waals surface area contributed by atoms with Crippen molar-refractivity contribution in [1.29, 1.82) is 0 Å². The predicted octanol–water partition coefficient (Wildman–Crippen LogP) is 2.48. The van der Waals surface area contributed by atoms with E-state index in [0.717, 1.165) is 37.8 Å². The van der Waals surface area contributed by atoms with Gasteiger partial charge in [0.15, 0.2) is 5.78 Å². The molecule has 2 unspecified atom stereocenters. The van der Waals surface area contributed by atoms with Gasteiger partial charge in [0, 0.05) is 31.1 Å². The van der Waals surface area contributed by atoms with Crippen molar-refractivity contribution >= 4 is 11.8 Å². The van der Waals surface area contributed by atoms with Crippen LogP contribution in [0.2, 0.25) is 0 Å². The molecule has 168 valence electrons. The number of ether oxygens (including phenoxy) is 1. The second-order valence-corrected chi connectivity index (χ2v) is 8.83. The molecule has 3 aliphatic rings. The fourth-order valence-electron chi connectivity index (χ4n) is 4.81. The summed E-state index contributed by atoms with van der Waals surface area (Å²) in [5, 5.41) is 10.6. The molecule has 4 rings (SSSR count). The zero-order valence-corrected chi connectivity index (χ0v) is 18.0. The van der Waals surface area contributed by atoms with Gasteiger partial charge in [0.2, 0.25) is 0 Å². The van der Waals surface area contributed by atoms with Crippen molar-refractivity contribution < 1.29 is 23.8 Å². The molecule has 3 fully saturated rings. The van der Waals surface area contributed by atoms with Gasteiger partial charge in [0.25, 0.3) is 0 Å². The van der Waals surface area contributed by atoms with Crippen LogP contribution >= 0.6 is 0 Å². The monoisotopic (exact) mass is 430 g/mol. The van der Waals surface area contributed by atoms with Crippen molar-refractivity contribution in [3.8, 4) is 0 Å². The largest absolute Gasteiger partial charge is 0.468 e. The molecule has 2 heterocycles. The zero-order chi connectivity index (χ0) is 22.0. The molecule has 1 aromatic carbocycles. The van der Waals surface area contributed by atoms with Crippen molar-refractivity contribution in [3.63, 3.8) is 0 Å². The van der Waals surface area contributed by atoms with Gasteiger partial charge in [-0.1, -0.05) is 24.3 Å². The van der Waals surface area contributed by atoms with Crippen molar-refractivity contribution in [2.24, 2.45) is 5.92 Å². The normalized spacial score (nSPS) is 27.4. The number of Topliss-reactive ketones (excluding diaryl/α,β-unsaturated/α-hetero) is 1. The van der Waals surface area contributed by atoms with Crippen LogP contribution in [0, 0.1) is 11.7 Å². The van der Waals surface area contributed by atoms with E-state index >= 15 is 0 Å². The van der Waals surface area contributed by atoms with E-state index in [-0.39, 0.29) is 29.5 Å². The molecule has 1 N–H and O–H groups in total. The number of ketones is 1. The third kappa shape index (κ3) is 4.89. The molecular formula is C24H31FN2O4. The number of nitrogens with zero attached hydrogens (tertiary/aromatic N) is 2. The van der Waals surface area contributed by atoms with Gasteiger partial charge in [0.1, 0.15) is 11.9 Å². The summed E-state index contributed by atoms with van der Waals surface area (Å²) in [6.07, 6.45) is 5.32. The Morgan fingerprint density at radius 2 is 2.00 bits per heavy atom. The van der Waals surface area contributed by atoms with Gasteiger partial charge in [-0.25, -0.2) is 4.39 Å². The van der Waals surface area contributed by atoms with Crippen LogP contribution < -0.4 is 0 Å². The molecule has 3 atom stereocenters.